The molecule has 2 aromatic heterocycles. The number of benzene rings is 8. The lowest BCUT2D eigenvalue weighted by atomic mass is 9.92. The summed E-state index contributed by atoms with van der Waals surface area (Å²) in [4.78, 5) is 14.6. The smallest absolute Gasteiger partial charge is 0.164 e. The number of aromatic nitrogens is 3. The first-order chi connectivity index (χ1) is 27.2. The molecule has 10 aromatic rings. The lowest BCUT2D eigenvalue weighted by molar-refractivity contribution is 0.670. The topological polar surface area (TPSA) is 51.8 Å². The van der Waals surface area contributed by atoms with Gasteiger partial charge in [-0.25, -0.2) is 15.0 Å². The van der Waals surface area contributed by atoms with Crippen molar-refractivity contribution in [2.45, 2.75) is 0 Å². The van der Waals surface area contributed by atoms with Gasteiger partial charge in [-0.05, 0) is 62.1 Å². The van der Waals surface area contributed by atoms with Crippen molar-refractivity contribution in [3.05, 3.63) is 164 Å². The van der Waals surface area contributed by atoms with Crippen LogP contribution >= 0.6 is 0 Å². The van der Waals surface area contributed by atoms with Crippen molar-refractivity contribution >= 4 is 54.3 Å². The van der Waals surface area contributed by atoms with E-state index in [-0.39, 0.29) is 53.2 Å². The Bertz CT molecular complexity index is 3220. The van der Waals surface area contributed by atoms with Gasteiger partial charge >= 0.3 is 0 Å². The normalized spacial score (nSPS) is 13.7. The van der Waals surface area contributed by atoms with E-state index in [9.17, 15) is 2.74 Å². The van der Waals surface area contributed by atoms with Crippen LogP contribution < -0.4 is 0 Å². The van der Waals surface area contributed by atoms with Gasteiger partial charge in [0.2, 0.25) is 0 Å². The van der Waals surface area contributed by atoms with Crippen molar-refractivity contribution in [3.63, 3.8) is 0 Å². The zero-order chi connectivity index (χ0) is 38.4. The molecule has 0 atom stereocenters. The highest BCUT2D eigenvalue weighted by Gasteiger charge is 2.17. The zero-order valence-corrected chi connectivity index (χ0v) is 25.8. The molecule has 0 unspecified atom stereocenters. The lowest BCUT2D eigenvalue weighted by Gasteiger charge is -2.12. The van der Waals surface area contributed by atoms with Crippen molar-refractivity contribution in [1.82, 2.24) is 15.0 Å². The zero-order valence-electron chi connectivity index (χ0n) is 32.8. The summed E-state index contributed by atoms with van der Waals surface area (Å²) in [5.41, 5.74) is 4.34. The number of furan rings is 1. The maximum Gasteiger partial charge on any atom is 0.164 e. The number of para-hydroxylation sites is 1. The second kappa shape index (κ2) is 11.0. The Morgan fingerprint density at radius 2 is 1.06 bits per heavy atom. The minimum Gasteiger partial charge on any atom is -0.455 e. The first-order valence-electron chi connectivity index (χ1n) is 19.4. The minimum atomic E-state index is -0.148. The van der Waals surface area contributed by atoms with Crippen molar-refractivity contribution in [2.75, 3.05) is 0 Å². The molecule has 0 fully saturated rings. The first kappa shape index (κ1) is 21.3. The van der Waals surface area contributed by atoms with Crippen LogP contribution in [0.3, 0.4) is 0 Å². The number of hydrogen-bond donors (Lipinski definition) is 0. The molecule has 10 rings (SSSR count). The summed E-state index contributed by atoms with van der Waals surface area (Å²) < 4.78 is 68.4. The fourth-order valence-corrected chi connectivity index (χ4v) is 6.63. The third-order valence-corrected chi connectivity index (χ3v) is 8.96. The van der Waals surface area contributed by atoms with Crippen LogP contribution in [0.15, 0.2) is 168 Å². The molecule has 0 saturated carbocycles. The van der Waals surface area contributed by atoms with Gasteiger partial charge in [0.25, 0.3) is 0 Å². The molecule has 0 N–H and O–H groups in total. The SMILES string of the molecule is [2H]c1cc2c(cc1[2H])c1c([2H])c([2H])cc([2H])c1c1c([2H])c(-c3cccc4c3oc3ccc(-c5nc(-c6ccccc6)nc(-c6ccccc6)n5)cc34)c([2H])cc21. The average Bonchev–Trinajstić information content (AvgIpc) is 3.59. The molecule has 228 valence electrons. The van der Waals surface area contributed by atoms with Crippen LogP contribution in [0.25, 0.3) is 99.5 Å². The van der Waals surface area contributed by atoms with Gasteiger partial charge in [-0.1, -0.05) is 139 Å². The Kier molecular flexibility index (Phi) is 4.76. The van der Waals surface area contributed by atoms with E-state index in [0.29, 0.717) is 61.1 Å². The predicted molar refractivity (Wildman–Crippen MR) is 201 cm³/mol. The fraction of sp³-hybridized carbons (Fsp3) is 0. The van der Waals surface area contributed by atoms with E-state index in [2.05, 4.69) is 0 Å². The van der Waals surface area contributed by atoms with Crippen LogP contribution in [0.5, 0.6) is 0 Å². The molecule has 0 spiro atoms. The van der Waals surface area contributed by atoms with E-state index < -0.39 is 0 Å². The standard InChI is InChI=1S/C45H27N3O/c1-3-12-28(13-4-1)43-46-44(29-14-5-2-6-15-29)48-45(47-43)31-23-25-41-40(27-31)38-21-11-20-32(42(38)49-41)30-22-24-37-35-18-8-7-16-33(35)34-17-9-10-19-36(34)39(37)26-30/h1-27H/i7D,8D,9D,17D,19D,22D,26D. The Balaban J connectivity index is 1.20. The molecular formula is C45H27N3O. The summed E-state index contributed by atoms with van der Waals surface area (Å²) in [5, 5.41) is 3.85. The molecule has 8 aromatic carbocycles. The number of hydrogen-bond acceptors (Lipinski definition) is 4. The summed E-state index contributed by atoms with van der Waals surface area (Å²) >= 11 is 0. The van der Waals surface area contributed by atoms with Crippen molar-refractivity contribution in [1.29, 1.82) is 0 Å². The molecule has 0 aliphatic heterocycles. The predicted octanol–water partition coefficient (Wildman–Crippen LogP) is 11.9. The highest BCUT2D eigenvalue weighted by Crippen LogP contribution is 2.41. The third kappa shape index (κ3) is 4.49. The molecule has 0 aliphatic rings. The summed E-state index contributed by atoms with van der Waals surface area (Å²) in [6, 6.07) is 36.4. The molecule has 0 saturated heterocycles. The van der Waals surface area contributed by atoms with Crippen molar-refractivity contribution in [3.8, 4) is 45.3 Å². The first-order valence-corrected chi connectivity index (χ1v) is 15.9. The van der Waals surface area contributed by atoms with E-state index in [4.69, 9.17) is 26.2 Å². The molecule has 2 heterocycles. The maximum absolute atomic E-state index is 9.67. The van der Waals surface area contributed by atoms with E-state index >= 15 is 0 Å². The van der Waals surface area contributed by atoms with E-state index in [0.717, 1.165) is 27.5 Å². The Morgan fingerprint density at radius 3 is 1.80 bits per heavy atom. The van der Waals surface area contributed by atoms with Gasteiger partial charge in [-0.2, -0.15) is 0 Å². The fourth-order valence-electron chi connectivity index (χ4n) is 6.63. The number of nitrogens with zero attached hydrogens (tertiary/aromatic N) is 3. The summed E-state index contributed by atoms with van der Waals surface area (Å²) in [5.74, 6) is 1.58. The van der Waals surface area contributed by atoms with Crippen LogP contribution in [-0.2, 0) is 0 Å². The Morgan fingerprint density at radius 1 is 0.408 bits per heavy atom. The van der Waals surface area contributed by atoms with Crippen molar-refractivity contribution < 1.29 is 14.0 Å². The molecule has 0 radical (unpaired) electrons. The van der Waals surface area contributed by atoms with Gasteiger partial charge < -0.3 is 4.42 Å². The largest absolute Gasteiger partial charge is 0.455 e. The second-order valence-corrected chi connectivity index (χ2v) is 11.8. The highest BCUT2D eigenvalue weighted by molar-refractivity contribution is 6.26. The quantitative estimate of drug-likeness (QED) is 0.181. The Hall–Kier alpha value is -6.65. The molecule has 4 nitrogen and oxygen atoms in total. The molecule has 49 heavy (non-hydrogen) atoms. The van der Waals surface area contributed by atoms with Gasteiger partial charge in [-0.15, -0.1) is 0 Å². The summed E-state index contributed by atoms with van der Waals surface area (Å²) in [7, 11) is 0. The van der Waals surface area contributed by atoms with Gasteiger partial charge in [0, 0.05) is 33.0 Å². The van der Waals surface area contributed by atoms with Crippen LogP contribution in [0.4, 0.5) is 0 Å². The molecule has 4 heteroatoms. The monoisotopic (exact) mass is 632 g/mol. The van der Waals surface area contributed by atoms with Gasteiger partial charge in [0.15, 0.2) is 17.5 Å². The molecular weight excluding hydrogens is 599 g/mol. The Labute approximate surface area is 291 Å². The lowest BCUT2D eigenvalue weighted by Crippen LogP contribution is -2.00. The van der Waals surface area contributed by atoms with Crippen LogP contribution in [0, 0.1) is 0 Å². The van der Waals surface area contributed by atoms with Gasteiger partial charge in [0.1, 0.15) is 11.2 Å². The van der Waals surface area contributed by atoms with E-state index in [1.165, 1.54) is 18.2 Å². The number of rotatable bonds is 4. The van der Waals surface area contributed by atoms with E-state index in [1.807, 2.05) is 97.1 Å². The highest BCUT2D eigenvalue weighted by atomic mass is 16.3. The summed E-state index contributed by atoms with van der Waals surface area (Å²) in [6.45, 7) is 0. The third-order valence-electron chi connectivity index (χ3n) is 8.96. The molecule has 0 aliphatic carbocycles. The van der Waals surface area contributed by atoms with Gasteiger partial charge in [-0.3, -0.25) is 0 Å². The van der Waals surface area contributed by atoms with Crippen molar-refractivity contribution in [2.24, 2.45) is 0 Å². The second-order valence-electron chi connectivity index (χ2n) is 11.8. The van der Waals surface area contributed by atoms with Crippen LogP contribution in [0.1, 0.15) is 9.60 Å². The molecule has 0 amide bonds. The maximum atomic E-state index is 9.67. The van der Waals surface area contributed by atoms with Gasteiger partial charge in [0.05, 0.1) is 9.60 Å². The van der Waals surface area contributed by atoms with Crippen LogP contribution in [-0.4, -0.2) is 15.0 Å². The summed E-state index contributed by atoms with van der Waals surface area (Å²) in [6.07, 6.45) is 0. The minimum absolute atomic E-state index is 0.0350. The molecule has 0 bridgehead atoms. The number of fused-ring (bicyclic) bond motifs is 9. The van der Waals surface area contributed by atoms with E-state index in [1.54, 1.807) is 6.07 Å². The average molecular weight is 633 g/mol. The van der Waals surface area contributed by atoms with Crippen LogP contribution in [0.2, 0.25) is 0 Å².